The molecule has 0 aromatic heterocycles. The average molecular weight is 458 g/mol. The summed E-state index contributed by atoms with van der Waals surface area (Å²) in [6, 6.07) is 14.9. The van der Waals surface area contributed by atoms with Crippen molar-refractivity contribution in [2.75, 3.05) is 26.2 Å². The summed E-state index contributed by atoms with van der Waals surface area (Å²) >= 11 is 0. The number of likely N-dealkylation sites (tertiary alicyclic amines) is 2. The van der Waals surface area contributed by atoms with Gasteiger partial charge in [-0.05, 0) is 56.5 Å². The zero-order valence-corrected chi connectivity index (χ0v) is 19.7. The maximum Gasteiger partial charge on any atom is 0.240 e. The van der Waals surface area contributed by atoms with E-state index in [0.717, 1.165) is 61.3 Å². The second-order valence-electron chi connectivity index (χ2n) is 9.59. The van der Waals surface area contributed by atoms with Crippen LogP contribution in [0.4, 0.5) is 5.69 Å². The van der Waals surface area contributed by atoms with Crippen LogP contribution < -0.4 is 5.43 Å². The van der Waals surface area contributed by atoms with E-state index in [1.807, 2.05) is 41.3 Å². The molecule has 0 radical (unpaired) electrons. The van der Waals surface area contributed by atoms with Crippen LogP contribution in [0.25, 0.3) is 0 Å². The third-order valence-corrected chi connectivity index (χ3v) is 7.51. The Kier molecular flexibility index (Phi) is 6.42. The van der Waals surface area contributed by atoms with Crippen LogP contribution in [0.3, 0.4) is 0 Å². The Bertz CT molecular complexity index is 1180. The molecule has 0 bridgehead atoms. The lowest BCUT2D eigenvalue weighted by atomic mass is 9.88. The molecule has 34 heavy (non-hydrogen) atoms. The standard InChI is InChI=1S/C28H31N3O3/c1-2-19-7-9-20(10-8-19)27(33)21-11-14-30(15-12-21)25-13-16-31(28(25)34)18-22-17-23-24(29-22)5-3-4-6-26(23)32/h3-10,21,25H,2,11-18H2,1H3/t25-/m0/s1. The average Bonchev–Trinajstić information content (AvgIpc) is 3.39. The summed E-state index contributed by atoms with van der Waals surface area (Å²) < 4.78 is 0. The SMILES string of the molecule is CCc1ccc(C(=O)C2CCN([C@H]3CCN(CC4=Nc5ccccc(=O)c5C4)C3=O)CC2)cc1. The smallest absolute Gasteiger partial charge is 0.240 e. The molecule has 1 amide bonds. The predicted octanol–water partition coefficient (Wildman–Crippen LogP) is 3.43. The Morgan fingerprint density at radius 2 is 1.71 bits per heavy atom. The van der Waals surface area contributed by atoms with Crippen LogP contribution >= 0.6 is 0 Å². The zero-order chi connectivity index (χ0) is 23.7. The van der Waals surface area contributed by atoms with Crippen LogP contribution in [0.1, 0.15) is 47.7 Å². The summed E-state index contributed by atoms with van der Waals surface area (Å²) in [5, 5.41) is 0. The first-order valence-corrected chi connectivity index (χ1v) is 12.4. The van der Waals surface area contributed by atoms with E-state index in [0.29, 0.717) is 19.5 Å². The Labute approximate surface area is 200 Å². The molecule has 6 heteroatoms. The van der Waals surface area contributed by atoms with Gasteiger partial charge in [0, 0.05) is 35.7 Å². The van der Waals surface area contributed by atoms with Crippen molar-refractivity contribution in [1.29, 1.82) is 0 Å². The number of aryl methyl sites for hydroxylation is 1. The fraction of sp³-hybridized carbons (Fsp3) is 0.429. The Morgan fingerprint density at radius 1 is 0.971 bits per heavy atom. The summed E-state index contributed by atoms with van der Waals surface area (Å²) in [5.41, 5.74) is 4.37. The van der Waals surface area contributed by atoms with Gasteiger partial charge in [0.05, 0.1) is 18.3 Å². The van der Waals surface area contributed by atoms with E-state index in [1.165, 1.54) is 5.56 Å². The third-order valence-electron chi connectivity index (χ3n) is 7.51. The quantitative estimate of drug-likeness (QED) is 0.623. The van der Waals surface area contributed by atoms with Gasteiger partial charge in [-0.25, -0.2) is 0 Å². The summed E-state index contributed by atoms with van der Waals surface area (Å²) in [5.74, 6) is 0.406. The van der Waals surface area contributed by atoms with Gasteiger partial charge in [-0.1, -0.05) is 43.3 Å². The van der Waals surface area contributed by atoms with E-state index in [9.17, 15) is 14.4 Å². The fourth-order valence-electron chi connectivity index (χ4n) is 5.46. The number of hydrogen-bond acceptors (Lipinski definition) is 5. The largest absolute Gasteiger partial charge is 0.336 e. The van der Waals surface area contributed by atoms with Crippen molar-refractivity contribution in [2.45, 2.75) is 45.1 Å². The molecule has 2 saturated heterocycles. The lowest BCUT2D eigenvalue weighted by Gasteiger charge is -2.34. The van der Waals surface area contributed by atoms with Gasteiger partial charge in [0.1, 0.15) is 0 Å². The van der Waals surface area contributed by atoms with Crippen LogP contribution in [0.2, 0.25) is 0 Å². The van der Waals surface area contributed by atoms with Crippen LogP contribution in [-0.2, 0) is 17.6 Å². The van der Waals surface area contributed by atoms with Crippen molar-refractivity contribution in [3.63, 3.8) is 0 Å². The zero-order valence-electron chi connectivity index (χ0n) is 19.7. The molecule has 3 aliphatic rings. The fourth-order valence-corrected chi connectivity index (χ4v) is 5.46. The lowest BCUT2D eigenvalue weighted by Crippen LogP contribution is -2.47. The second kappa shape index (κ2) is 9.63. The molecule has 176 valence electrons. The number of aliphatic imine (C=N–C) groups is 1. The highest BCUT2D eigenvalue weighted by Crippen LogP contribution is 2.28. The topological polar surface area (TPSA) is 70.1 Å². The van der Waals surface area contributed by atoms with E-state index < -0.39 is 0 Å². The van der Waals surface area contributed by atoms with E-state index in [-0.39, 0.29) is 29.1 Å². The van der Waals surface area contributed by atoms with Crippen LogP contribution in [0, 0.1) is 5.92 Å². The number of carbonyl (C=O) groups excluding carboxylic acids is 2. The summed E-state index contributed by atoms with van der Waals surface area (Å²) in [6.45, 7) is 4.85. The number of carbonyl (C=O) groups is 2. The number of hydrogen-bond donors (Lipinski definition) is 0. The molecule has 2 fully saturated rings. The molecule has 0 spiro atoms. The third kappa shape index (κ3) is 4.47. The van der Waals surface area contributed by atoms with Crippen molar-refractivity contribution in [2.24, 2.45) is 10.9 Å². The molecule has 0 saturated carbocycles. The first kappa shape index (κ1) is 22.7. The Balaban J connectivity index is 1.16. The predicted molar refractivity (Wildman–Crippen MR) is 133 cm³/mol. The number of Topliss-reactive ketones (excluding diaryl/α,β-unsaturated/α-hetero) is 1. The maximum atomic E-state index is 13.2. The maximum absolute atomic E-state index is 13.2. The number of fused-ring (bicyclic) bond motifs is 1. The molecule has 2 aromatic rings. The van der Waals surface area contributed by atoms with Gasteiger partial charge >= 0.3 is 0 Å². The van der Waals surface area contributed by atoms with Gasteiger partial charge in [0.25, 0.3) is 0 Å². The molecule has 0 aliphatic carbocycles. The van der Waals surface area contributed by atoms with Gasteiger partial charge in [-0.3, -0.25) is 24.3 Å². The van der Waals surface area contributed by atoms with Crippen molar-refractivity contribution >= 4 is 23.1 Å². The number of amides is 1. The highest BCUT2D eigenvalue weighted by atomic mass is 16.2. The van der Waals surface area contributed by atoms with E-state index in [4.69, 9.17) is 0 Å². The van der Waals surface area contributed by atoms with E-state index >= 15 is 0 Å². The first-order chi connectivity index (χ1) is 16.5. The highest BCUT2D eigenvalue weighted by Gasteiger charge is 2.39. The summed E-state index contributed by atoms with van der Waals surface area (Å²) in [7, 11) is 0. The highest BCUT2D eigenvalue weighted by molar-refractivity contribution is 5.99. The number of ketones is 1. The normalized spacial score (nSPS) is 21.0. The summed E-state index contributed by atoms with van der Waals surface area (Å²) in [6.07, 6.45) is 3.88. The molecule has 0 N–H and O–H groups in total. The number of benzene rings is 1. The Hall–Kier alpha value is -3.12. The van der Waals surface area contributed by atoms with Gasteiger partial charge in [-0.15, -0.1) is 0 Å². The summed E-state index contributed by atoms with van der Waals surface area (Å²) in [4.78, 5) is 47.1. The molecule has 5 rings (SSSR count). The molecule has 2 aromatic carbocycles. The van der Waals surface area contributed by atoms with E-state index in [2.05, 4.69) is 16.8 Å². The van der Waals surface area contributed by atoms with Crippen molar-refractivity contribution < 1.29 is 9.59 Å². The number of rotatable bonds is 6. The molecule has 3 heterocycles. The molecule has 0 unspecified atom stereocenters. The molecular formula is C28H31N3O3. The first-order valence-electron chi connectivity index (χ1n) is 12.4. The minimum atomic E-state index is -0.114. The monoisotopic (exact) mass is 457 g/mol. The van der Waals surface area contributed by atoms with Gasteiger partial charge in [0.2, 0.25) is 5.91 Å². The van der Waals surface area contributed by atoms with Crippen molar-refractivity contribution in [3.8, 4) is 0 Å². The number of nitrogens with zero attached hydrogens (tertiary/aromatic N) is 3. The molecule has 3 aliphatic heterocycles. The second-order valence-corrected chi connectivity index (χ2v) is 9.59. The molecular weight excluding hydrogens is 426 g/mol. The number of piperidine rings is 1. The lowest BCUT2D eigenvalue weighted by molar-refractivity contribution is -0.131. The molecule has 6 nitrogen and oxygen atoms in total. The van der Waals surface area contributed by atoms with Crippen LogP contribution in [0.15, 0.2) is 58.3 Å². The van der Waals surface area contributed by atoms with Crippen molar-refractivity contribution in [3.05, 3.63) is 75.4 Å². The van der Waals surface area contributed by atoms with Crippen molar-refractivity contribution in [1.82, 2.24) is 9.80 Å². The molecule has 1 atom stereocenters. The van der Waals surface area contributed by atoms with E-state index in [1.54, 1.807) is 12.1 Å². The van der Waals surface area contributed by atoms with Crippen LogP contribution in [0.5, 0.6) is 0 Å². The van der Waals surface area contributed by atoms with Gasteiger partial charge < -0.3 is 4.90 Å². The Morgan fingerprint density at radius 3 is 2.44 bits per heavy atom. The van der Waals surface area contributed by atoms with Gasteiger partial charge in [-0.2, -0.15) is 0 Å². The van der Waals surface area contributed by atoms with Crippen LogP contribution in [-0.4, -0.2) is 59.4 Å². The minimum Gasteiger partial charge on any atom is -0.336 e. The minimum absolute atomic E-state index is 0.00287. The van der Waals surface area contributed by atoms with Gasteiger partial charge in [0.15, 0.2) is 11.2 Å².